The molecular weight excluding hydrogens is 262 g/mol. The monoisotopic (exact) mass is 281 g/mol. The lowest BCUT2D eigenvalue weighted by Gasteiger charge is -2.18. The van der Waals surface area contributed by atoms with Crippen LogP contribution in [0.1, 0.15) is 36.9 Å². The molecule has 0 aliphatic carbocycles. The SMILES string of the molecule is C=C(CC)CC(NC)c1ccc(C)c(Br)c1. The fraction of sp³-hybridized carbons (Fsp3) is 0.429. The summed E-state index contributed by atoms with van der Waals surface area (Å²) in [6.45, 7) is 8.33. The van der Waals surface area contributed by atoms with Crippen LogP contribution >= 0.6 is 15.9 Å². The lowest BCUT2D eigenvalue weighted by Crippen LogP contribution is -2.16. The normalized spacial score (nSPS) is 12.5. The number of hydrogen-bond acceptors (Lipinski definition) is 1. The molecule has 0 fully saturated rings. The molecule has 2 heteroatoms. The second kappa shape index (κ2) is 6.21. The van der Waals surface area contributed by atoms with Crippen LogP contribution in [0.3, 0.4) is 0 Å². The van der Waals surface area contributed by atoms with E-state index in [-0.39, 0.29) is 0 Å². The van der Waals surface area contributed by atoms with Crippen molar-refractivity contribution >= 4 is 15.9 Å². The molecule has 0 saturated carbocycles. The third kappa shape index (κ3) is 3.46. The Morgan fingerprint density at radius 3 is 2.69 bits per heavy atom. The number of halogens is 1. The van der Waals surface area contributed by atoms with E-state index in [0.29, 0.717) is 6.04 Å². The van der Waals surface area contributed by atoms with Crippen molar-refractivity contribution in [1.29, 1.82) is 0 Å². The van der Waals surface area contributed by atoms with E-state index in [1.165, 1.54) is 21.2 Å². The van der Waals surface area contributed by atoms with E-state index in [1.54, 1.807) is 0 Å². The minimum atomic E-state index is 0.365. The van der Waals surface area contributed by atoms with Gasteiger partial charge in [0.05, 0.1) is 0 Å². The van der Waals surface area contributed by atoms with Gasteiger partial charge in [0.15, 0.2) is 0 Å². The second-order valence-electron chi connectivity index (χ2n) is 4.16. The van der Waals surface area contributed by atoms with Gasteiger partial charge in [0.1, 0.15) is 0 Å². The van der Waals surface area contributed by atoms with Crippen LogP contribution in [0.2, 0.25) is 0 Å². The van der Waals surface area contributed by atoms with Crippen molar-refractivity contribution < 1.29 is 0 Å². The molecule has 1 nitrogen and oxygen atoms in total. The van der Waals surface area contributed by atoms with Crippen LogP contribution in [-0.4, -0.2) is 7.05 Å². The van der Waals surface area contributed by atoms with E-state index in [9.17, 15) is 0 Å². The van der Waals surface area contributed by atoms with Crippen LogP contribution < -0.4 is 5.32 Å². The average molecular weight is 282 g/mol. The molecule has 1 rings (SSSR count). The summed E-state index contributed by atoms with van der Waals surface area (Å²) in [6.07, 6.45) is 2.05. The maximum absolute atomic E-state index is 4.07. The lowest BCUT2D eigenvalue weighted by atomic mass is 9.98. The Labute approximate surface area is 107 Å². The van der Waals surface area contributed by atoms with Crippen molar-refractivity contribution in [3.8, 4) is 0 Å². The largest absolute Gasteiger partial charge is 0.313 e. The van der Waals surface area contributed by atoms with Gasteiger partial charge in [-0.15, -0.1) is 0 Å². The predicted octanol–water partition coefficient (Wildman–Crippen LogP) is 4.37. The van der Waals surface area contributed by atoms with E-state index in [2.05, 4.69) is 59.9 Å². The van der Waals surface area contributed by atoms with E-state index in [0.717, 1.165) is 12.8 Å². The number of aryl methyl sites for hydroxylation is 1. The zero-order chi connectivity index (χ0) is 12.1. The maximum atomic E-state index is 4.07. The highest BCUT2D eigenvalue weighted by Gasteiger charge is 2.10. The number of nitrogens with one attached hydrogen (secondary N) is 1. The molecule has 16 heavy (non-hydrogen) atoms. The zero-order valence-corrected chi connectivity index (χ0v) is 11.9. The summed E-state index contributed by atoms with van der Waals surface area (Å²) in [4.78, 5) is 0. The summed E-state index contributed by atoms with van der Waals surface area (Å²) < 4.78 is 1.17. The molecule has 1 aromatic rings. The van der Waals surface area contributed by atoms with Crippen molar-refractivity contribution in [2.24, 2.45) is 0 Å². The van der Waals surface area contributed by atoms with Gasteiger partial charge in [-0.05, 0) is 44.0 Å². The Kier molecular flexibility index (Phi) is 5.23. The third-order valence-electron chi connectivity index (χ3n) is 2.94. The highest BCUT2D eigenvalue weighted by atomic mass is 79.9. The summed E-state index contributed by atoms with van der Waals surface area (Å²) in [5, 5.41) is 3.35. The Morgan fingerprint density at radius 2 is 2.19 bits per heavy atom. The minimum absolute atomic E-state index is 0.365. The van der Waals surface area contributed by atoms with Gasteiger partial charge in [-0.25, -0.2) is 0 Å². The molecule has 0 bridgehead atoms. The van der Waals surface area contributed by atoms with Gasteiger partial charge in [-0.3, -0.25) is 0 Å². The fourth-order valence-corrected chi connectivity index (χ4v) is 2.04. The average Bonchev–Trinajstić information content (AvgIpc) is 2.29. The van der Waals surface area contributed by atoms with Crippen molar-refractivity contribution in [3.05, 3.63) is 46.0 Å². The van der Waals surface area contributed by atoms with Gasteiger partial charge in [0, 0.05) is 10.5 Å². The first-order valence-corrected chi connectivity index (χ1v) is 6.47. The van der Waals surface area contributed by atoms with Crippen molar-refractivity contribution in [2.45, 2.75) is 32.7 Å². The summed E-state index contributed by atoms with van der Waals surface area (Å²) >= 11 is 3.58. The molecule has 0 aromatic heterocycles. The molecule has 0 aliphatic heterocycles. The van der Waals surface area contributed by atoms with Crippen molar-refractivity contribution in [1.82, 2.24) is 5.32 Å². The van der Waals surface area contributed by atoms with Crippen LogP contribution in [-0.2, 0) is 0 Å². The van der Waals surface area contributed by atoms with Gasteiger partial charge in [-0.2, -0.15) is 0 Å². The molecule has 88 valence electrons. The van der Waals surface area contributed by atoms with Crippen LogP contribution in [0, 0.1) is 6.92 Å². The summed E-state index contributed by atoms with van der Waals surface area (Å²) in [5.74, 6) is 0. The Morgan fingerprint density at radius 1 is 1.50 bits per heavy atom. The summed E-state index contributed by atoms with van der Waals surface area (Å²) in [6, 6.07) is 6.90. The fourth-order valence-electron chi connectivity index (χ4n) is 1.65. The summed E-state index contributed by atoms with van der Waals surface area (Å²) in [5.41, 5.74) is 3.87. The number of rotatable bonds is 5. The Hall–Kier alpha value is -0.600. The molecule has 0 aliphatic rings. The Bertz CT molecular complexity index is 371. The van der Waals surface area contributed by atoms with E-state index in [1.807, 2.05) is 7.05 Å². The molecule has 1 aromatic carbocycles. The molecule has 1 atom stereocenters. The number of hydrogen-bond donors (Lipinski definition) is 1. The molecule has 0 heterocycles. The van der Waals surface area contributed by atoms with E-state index >= 15 is 0 Å². The number of benzene rings is 1. The minimum Gasteiger partial charge on any atom is -0.313 e. The molecule has 1 N–H and O–H groups in total. The molecule has 0 amide bonds. The molecule has 0 spiro atoms. The smallest absolute Gasteiger partial charge is 0.0355 e. The standard InChI is InChI=1S/C14H20BrN/c1-5-10(2)8-14(16-4)12-7-6-11(3)13(15)9-12/h6-7,9,14,16H,2,5,8H2,1,3-4H3. The quantitative estimate of drug-likeness (QED) is 0.790. The van der Waals surface area contributed by atoms with Gasteiger partial charge in [0.2, 0.25) is 0 Å². The molecular formula is C14H20BrN. The van der Waals surface area contributed by atoms with Gasteiger partial charge in [-0.1, -0.05) is 47.1 Å². The van der Waals surface area contributed by atoms with Crippen LogP contribution in [0.5, 0.6) is 0 Å². The topological polar surface area (TPSA) is 12.0 Å². The highest BCUT2D eigenvalue weighted by Crippen LogP contribution is 2.25. The molecule has 0 radical (unpaired) electrons. The van der Waals surface area contributed by atoms with Crippen LogP contribution in [0.4, 0.5) is 0 Å². The van der Waals surface area contributed by atoms with Gasteiger partial charge < -0.3 is 5.32 Å². The maximum Gasteiger partial charge on any atom is 0.0355 e. The first-order chi connectivity index (χ1) is 7.58. The van der Waals surface area contributed by atoms with Crippen molar-refractivity contribution in [3.63, 3.8) is 0 Å². The second-order valence-corrected chi connectivity index (χ2v) is 5.01. The van der Waals surface area contributed by atoms with Gasteiger partial charge in [0.25, 0.3) is 0 Å². The van der Waals surface area contributed by atoms with Crippen LogP contribution in [0.25, 0.3) is 0 Å². The van der Waals surface area contributed by atoms with Gasteiger partial charge >= 0.3 is 0 Å². The third-order valence-corrected chi connectivity index (χ3v) is 3.79. The lowest BCUT2D eigenvalue weighted by molar-refractivity contribution is 0.582. The first kappa shape index (κ1) is 13.5. The molecule has 0 saturated heterocycles. The highest BCUT2D eigenvalue weighted by molar-refractivity contribution is 9.10. The van der Waals surface area contributed by atoms with Crippen molar-refractivity contribution in [2.75, 3.05) is 7.05 Å². The van der Waals surface area contributed by atoms with E-state index < -0.39 is 0 Å². The predicted molar refractivity (Wildman–Crippen MR) is 74.7 cm³/mol. The zero-order valence-electron chi connectivity index (χ0n) is 10.3. The van der Waals surface area contributed by atoms with E-state index in [4.69, 9.17) is 0 Å². The summed E-state index contributed by atoms with van der Waals surface area (Å²) in [7, 11) is 2.00. The first-order valence-electron chi connectivity index (χ1n) is 5.68. The van der Waals surface area contributed by atoms with Crippen LogP contribution in [0.15, 0.2) is 34.8 Å². The molecule has 1 unspecified atom stereocenters. The Balaban J connectivity index is 2.86.